The predicted molar refractivity (Wildman–Crippen MR) is 60.0 cm³/mol. The molecule has 0 spiro atoms. The maximum atomic E-state index is 5.67. The Balaban J connectivity index is 1.47. The zero-order valence-corrected chi connectivity index (χ0v) is 9.54. The first-order valence-electron chi connectivity index (χ1n) is 6.35. The van der Waals surface area contributed by atoms with Crippen LogP contribution in [-0.2, 0) is 9.47 Å². The number of hydrogen-bond acceptors (Lipinski definition) is 3. The number of rotatable bonds is 5. The average molecular weight is 213 g/mol. The fourth-order valence-electron chi connectivity index (χ4n) is 2.41. The lowest BCUT2D eigenvalue weighted by Gasteiger charge is -2.22. The molecule has 0 aliphatic carbocycles. The van der Waals surface area contributed by atoms with Gasteiger partial charge in [-0.25, -0.2) is 0 Å². The maximum absolute atomic E-state index is 5.67. The molecule has 0 unspecified atom stereocenters. The lowest BCUT2D eigenvalue weighted by atomic mass is 9.97. The molecule has 3 nitrogen and oxygen atoms in total. The van der Waals surface area contributed by atoms with Gasteiger partial charge in [-0.2, -0.15) is 0 Å². The van der Waals surface area contributed by atoms with Gasteiger partial charge in [0.05, 0.1) is 12.7 Å². The third kappa shape index (κ3) is 4.09. The minimum absolute atomic E-state index is 0.384. The van der Waals surface area contributed by atoms with Crippen molar-refractivity contribution in [2.75, 3.05) is 32.9 Å². The Hall–Kier alpha value is -0.120. The second-order valence-corrected chi connectivity index (χ2v) is 4.71. The van der Waals surface area contributed by atoms with E-state index >= 15 is 0 Å². The summed E-state index contributed by atoms with van der Waals surface area (Å²) in [7, 11) is 0. The van der Waals surface area contributed by atoms with Crippen LogP contribution in [-0.4, -0.2) is 39.0 Å². The van der Waals surface area contributed by atoms with E-state index in [1.165, 1.54) is 45.2 Å². The van der Waals surface area contributed by atoms with Gasteiger partial charge in [-0.3, -0.25) is 0 Å². The van der Waals surface area contributed by atoms with Crippen LogP contribution < -0.4 is 5.32 Å². The topological polar surface area (TPSA) is 30.5 Å². The van der Waals surface area contributed by atoms with Crippen molar-refractivity contribution in [3.8, 4) is 0 Å². The van der Waals surface area contributed by atoms with Gasteiger partial charge in [0, 0.05) is 13.2 Å². The fourth-order valence-corrected chi connectivity index (χ4v) is 2.41. The zero-order chi connectivity index (χ0) is 10.3. The minimum atomic E-state index is 0.384. The van der Waals surface area contributed by atoms with Crippen LogP contribution in [0, 0.1) is 5.92 Å². The molecular formula is C12H23NO2. The molecule has 2 rings (SSSR count). The van der Waals surface area contributed by atoms with E-state index in [0.29, 0.717) is 6.10 Å². The minimum Gasteiger partial charge on any atom is -0.379 e. The van der Waals surface area contributed by atoms with Crippen molar-refractivity contribution in [1.29, 1.82) is 0 Å². The highest BCUT2D eigenvalue weighted by Gasteiger charge is 2.16. The van der Waals surface area contributed by atoms with Crippen LogP contribution in [0.15, 0.2) is 0 Å². The van der Waals surface area contributed by atoms with Crippen molar-refractivity contribution < 1.29 is 9.47 Å². The molecule has 2 saturated heterocycles. The standard InChI is InChI=1S/C12H23NO2/c1-3-11(9-13-6-1)5-8-14-10-12-4-2-7-15-12/h11-13H,1-10H2/t11-,12+/m0/s1. The van der Waals surface area contributed by atoms with Crippen LogP contribution in [0.25, 0.3) is 0 Å². The molecule has 0 saturated carbocycles. The normalized spacial score (nSPS) is 32.0. The van der Waals surface area contributed by atoms with Crippen LogP contribution >= 0.6 is 0 Å². The molecule has 0 amide bonds. The molecule has 0 aromatic rings. The molecule has 2 heterocycles. The number of hydrogen-bond donors (Lipinski definition) is 1. The first kappa shape index (κ1) is 11.4. The van der Waals surface area contributed by atoms with Crippen LogP contribution in [0.3, 0.4) is 0 Å². The molecule has 2 atom stereocenters. The highest BCUT2D eigenvalue weighted by atomic mass is 16.5. The second-order valence-electron chi connectivity index (χ2n) is 4.71. The van der Waals surface area contributed by atoms with Crippen LogP contribution in [0.1, 0.15) is 32.1 Å². The summed E-state index contributed by atoms with van der Waals surface area (Å²) in [5.41, 5.74) is 0. The second kappa shape index (κ2) is 6.46. The van der Waals surface area contributed by atoms with E-state index < -0.39 is 0 Å². The summed E-state index contributed by atoms with van der Waals surface area (Å²) < 4.78 is 11.2. The van der Waals surface area contributed by atoms with E-state index in [-0.39, 0.29) is 0 Å². The summed E-state index contributed by atoms with van der Waals surface area (Å²) in [4.78, 5) is 0. The quantitative estimate of drug-likeness (QED) is 0.703. The summed E-state index contributed by atoms with van der Waals surface area (Å²) >= 11 is 0. The number of ether oxygens (including phenoxy) is 2. The first-order chi connectivity index (χ1) is 7.45. The van der Waals surface area contributed by atoms with Crippen molar-refractivity contribution in [2.24, 2.45) is 5.92 Å². The summed E-state index contributed by atoms with van der Waals surface area (Å²) in [6.07, 6.45) is 6.69. The predicted octanol–water partition coefficient (Wildman–Crippen LogP) is 1.57. The molecule has 0 bridgehead atoms. The number of piperidine rings is 1. The molecule has 2 aliphatic rings. The third-order valence-electron chi connectivity index (χ3n) is 3.40. The van der Waals surface area contributed by atoms with Gasteiger partial charge < -0.3 is 14.8 Å². The van der Waals surface area contributed by atoms with E-state index in [2.05, 4.69) is 5.32 Å². The molecule has 15 heavy (non-hydrogen) atoms. The van der Waals surface area contributed by atoms with Crippen molar-refractivity contribution in [2.45, 2.75) is 38.2 Å². The monoisotopic (exact) mass is 213 g/mol. The van der Waals surface area contributed by atoms with Gasteiger partial charge in [-0.1, -0.05) is 0 Å². The SMILES string of the molecule is C1CNC[C@H](CCOC[C@H]2CCCO2)C1. The van der Waals surface area contributed by atoms with Gasteiger partial charge >= 0.3 is 0 Å². The first-order valence-corrected chi connectivity index (χ1v) is 6.35. The van der Waals surface area contributed by atoms with Gasteiger partial charge in [-0.15, -0.1) is 0 Å². The maximum Gasteiger partial charge on any atom is 0.0809 e. The van der Waals surface area contributed by atoms with Gasteiger partial charge in [0.25, 0.3) is 0 Å². The smallest absolute Gasteiger partial charge is 0.0809 e. The Morgan fingerprint density at radius 1 is 1.27 bits per heavy atom. The molecule has 2 fully saturated rings. The van der Waals surface area contributed by atoms with Crippen LogP contribution in [0.5, 0.6) is 0 Å². The molecule has 88 valence electrons. The third-order valence-corrected chi connectivity index (χ3v) is 3.40. The molecular weight excluding hydrogens is 190 g/mol. The van der Waals surface area contributed by atoms with Crippen LogP contribution in [0.2, 0.25) is 0 Å². The summed E-state index contributed by atoms with van der Waals surface area (Å²) in [5.74, 6) is 0.836. The van der Waals surface area contributed by atoms with E-state index in [0.717, 1.165) is 25.7 Å². The van der Waals surface area contributed by atoms with Gasteiger partial charge in [0.15, 0.2) is 0 Å². The van der Waals surface area contributed by atoms with Gasteiger partial charge in [0.1, 0.15) is 0 Å². The molecule has 0 aromatic carbocycles. The Bertz CT molecular complexity index is 163. The zero-order valence-electron chi connectivity index (χ0n) is 9.54. The van der Waals surface area contributed by atoms with Crippen molar-refractivity contribution in [1.82, 2.24) is 5.32 Å². The van der Waals surface area contributed by atoms with E-state index in [4.69, 9.17) is 9.47 Å². The van der Waals surface area contributed by atoms with Crippen molar-refractivity contribution >= 4 is 0 Å². The molecule has 0 radical (unpaired) electrons. The van der Waals surface area contributed by atoms with Crippen molar-refractivity contribution in [3.05, 3.63) is 0 Å². The van der Waals surface area contributed by atoms with Gasteiger partial charge in [-0.05, 0) is 51.1 Å². The van der Waals surface area contributed by atoms with Gasteiger partial charge in [0.2, 0.25) is 0 Å². The highest BCUT2D eigenvalue weighted by molar-refractivity contribution is 4.69. The largest absolute Gasteiger partial charge is 0.379 e. The molecule has 0 aromatic heterocycles. The molecule has 3 heteroatoms. The lowest BCUT2D eigenvalue weighted by Crippen LogP contribution is -2.30. The highest BCUT2D eigenvalue weighted by Crippen LogP contribution is 2.15. The van der Waals surface area contributed by atoms with Crippen molar-refractivity contribution in [3.63, 3.8) is 0 Å². The summed E-state index contributed by atoms with van der Waals surface area (Å²) in [6, 6.07) is 0. The Labute approximate surface area is 92.5 Å². The summed E-state index contributed by atoms with van der Waals surface area (Å²) in [6.45, 7) is 5.03. The molecule has 2 aliphatic heterocycles. The van der Waals surface area contributed by atoms with E-state index in [1.807, 2.05) is 0 Å². The Morgan fingerprint density at radius 2 is 2.27 bits per heavy atom. The van der Waals surface area contributed by atoms with Crippen LogP contribution in [0.4, 0.5) is 0 Å². The Kier molecular flexibility index (Phi) is 4.90. The number of nitrogens with one attached hydrogen (secondary N) is 1. The average Bonchev–Trinajstić information content (AvgIpc) is 2.79. The fraction of sp³-hybridized carbons (Fsp3) is 1.00. The summed E-state index contributed by atoms with van der Waals surface area (Å²) in [5, 5.41) is 3.44. The molecule has 1 N–H and O–H groups in total. The van der Waals surface area contributed by atoms with E-state index in [1.54, 1.807) is 0 Å². The lowest BCUT2D eigenvalue weighted by molar-refractivity contribution is 0.0126. The Morgan fingerprint density at radius 3 is 3.00 bits per heavy atom. The van der Waals surface area contributed by atoms with E-state index in [9.17, 15) is 0 Å².